The quantitative estimate of drug-likeness (QED) is 0.0195. The number of hydrogen-bond donors (Lipinski definition) is 0. The zero-order chi connectivity index (χ0) is 62.6. The number of esters is 2. The first-order valence-electron chi connectivity index (χ1n) is 34.2. The summed E-state index contributed by atoms with van der Waals surface area (Å²) in [4.78, 5) is 38.0. The Bertz CT molecular complexity index is 2010. The molecule has 0 amide bonds. The van der Waals surface area contributed by atoms with E-state index in [1.807, 2.05) is 21.1 Å². The van der Waals surface area contributed by atoms with E-state index in [1.165, 1.54) is 89.9 Å². The molecule has 0 aliphatic carbocycles. The summed E-state index contributed by atoms with van der Waals surface area (Å²) in [7, 11) is 1.14. The third-order valence-electron chi connectivity index (χ3n) is 14.0. The van der Waals surface area contributed by atoms with Crippen LogP contribution in [0.25, 0.3) is 0 Å². The van der Waals surface area contributed by atoms with Gasteiger partial charge in [-0.1, -0.05) is 275 Å². The molecule has 0 aliphatic heterocycles. The number of allylic oxidation sites excluding steroid dienone is 26. The molecule has 10 heteroatoms. The highest BCUT2D eigenvalue weighted by Crippen LogP contribution is 2.38. The Morgan fingerprint density at radius 1 is 0.372 bits per heavy atom. The number of quaternary nitrogens is 1. The Balaban J connectivity index is 4.16. The lowest BCUT2D eigenvalue weighted by atomic mass is 10.1. The van der Waals surface area contributed by atoms with Crippen molar-refractivity contribution in [2.75, 3.05) is 47.5 Å². The normalized spacial score (nSPS) is 14.2. The first kappa shape index (κ1) is 81.6. The van der Waals surface area contributed by atoms with Crippen LogP contribution in [0.1, 0.15) is 258 Å². The van der Waals surface area contributed by atoms with E-state index >= 15 is 0 Å². The summed E-state index contributed by atoms with van der Waals surface area (Å²) in [5, 5.41) is 0. The van der Waals surface area contributed by atoms with E-state index in [0.29, 0.717) is 23.9 Å². The molecule has 0 aromatic heterocycles. The molecule has 0 spiro atoms. The zero-order valence-corrected chi connectivity index (χ0v) is 56.3. The van der Waals surface area contributed by atoms with Gasteiger partial charge < -0.3 is 27.9 Å². The molecule has 0 saturated heterocycles. The second-order valence-corrected chi connectivity index (χ2v) is 24.9. The molecule has 0 rings (SSSR count). The number of nitrogens with zero attached hydrogens (tertiary/aromatic N) is 1. The van der Waals surface area contributed by atoms with Gasteiger partial charge in [0.2, 0.25) is 0 Å². The van der Waals surface area contributed by atoms with Crippen LogP contribution < -0.4 is 4.89 Å². The van der Waals surface area contributed by atoms with Crippen LogP contribution in [0.15, 0.2) is 158 Å². The summed E-state index contributed by atoms with van der Waals surface area (Å²) in [6.07, 6.45) is 97.3. The standard InChI is InChI=1S/C76H126NO8P/c1-6-8-10-12-14-16-18-20-22-24-26-28-30-31-32-33-34-35-36-37-38-39-40-41-42-43-44-45-47-49-51-53-55-57-59-61-63-65-67-69-76(79)85-74(73-84-86(80,81)83-71-70-77(3,4)5)72-82-75(78)68-66-64-62-60-58-56-54-52-50-48-46-29-27-25-23-21-19-17-15-13-11-9-7-2/h8,10,14,16,19-22,25-28,31-32,34-35,37-38,40-41,43-44,46-49,74H,6-7,9,11-13,15,17-18,23-24,29-30,33,36,39,42,45,50-73H2,1-5H3/b10-8-,16-14-,21-19-,22-20-,27-25-,28-26-,32-31-,35-34-,38-37-,41-40-,44-43-,48-46-,49-47-. The highest BCUT2D eigenvalue weighted by atomic mass is 31.2. The SMILES string of the molecule is CC/C=C\C/C=C\C/C=C\C/C=C\C/C=C\C/C=C\C/C=C\C/C=C\C/C=C\C/C=C\CCCCCCCCCCC(=O)OC(COC(=O)CCCCCCCCCC/C=C\C/C=C\C/C=C\CCCCCCC)COP(=O)([O-])OCC[N+](C)(C)C. The lowest BCUT2D eigenvalue weighted by Gasteiger charge is -2.28. The molecule has 0 radical (unpaired) electrons. The summed E-state index contributed by atoms with van der Waals surface area (Å²) in [6.45, 7) is 4.09. The maximum Gasteiger partial charge on any atom is 0.306 e. The van der Waals surface area contributed by atoms with Gasteiger partial charge in [0.1, 0.15) is 19.8 Å². The van der Waals surface area contributed by atoms with Gasteiger partial charge in [-0.15, -0.1) is 0 Å². The Morgan fingerprint density at radius 2 is 0.663 bits per heavy atom. The highest BCUT2D eigenvalue weighted by molar-refractivity contribution is 7.45. The predicted molar refractivity (Wildman–Crippen MR) is 369 cm³/mol. The molecule has 0 aliphatic rings. The molecule has 0 aromatic carbocycles. The van der Waals surface area contributed by atoms with Crippen molar-refractivity contribution in [3.8, 4) is 0 Å². The van der Waals surface area contributed by atoms with Gasteiger partial charge >= 0.3 is 11.9 Å². The summed E-state index contributed by atoms with van der Waals surface area (Å²) < 4.78 is 34.3. The minimum Gasteiger partial charge on any atom is -0.756 e. The molecule has 2 unspecified atom stereocenters. The summed E-state index contributed by atoms with van der Waals surface area (Å²) in [5.74, 6) is -0.859. The van der Waals surface area contributed by atoms with Crippen LogP contribution >= 0.6 is 7.82 Å². The Hall–Kier alpha value is -4.37. The summed E-state index contributed by atoms with van der Waals surface area (Å²) in [6, 6.07) is 0. The van der Waals surface area contributed by atoms with Gasteiger partial charge in [-0.05, 0) is 128 Å². The second-order valence-electron chi connectivity index (χ2n) is 23.5. The largest absolute Gasteiger partial charge is 0.756 e. The van der Waals surface area contributed by atoms with Crippen LogP contribution in [0, 0.1) is 0 Å². The molecule has 0 saturated carbocycles. The fraction of sp³-hybridized carbons (Fsp3) is 0.632. The maximum absolute atomic E-state index is 12.9. The molecule has 86 heavy (non-hydrogen) atoms. The van der Waals surface area contributed by atoms with Crippen LogP contribution in [0.2, 0.25) is 0 Å². The van der Waals surface area contributed by atoms with Crippen LogP contribution in [0.4, 0.5) is 0 Å². The Labute approximate surface area is 528 Å². The molecule has 0 heterocycles. The summed E-state index contributed by atoms with van der Waals surface area (Å²) >= 11 is 0. The molecular weight excluding hydrogens is 1090 g/mol. The van der Waals surface area contributed by atoms with Crippen molar-refractivity contribution >= 4 is 19.8 Å². The number of hydrogen-bond acceptors (Lipinski definition) is 8. The van der Waals surface area contributed by atoms with Crippen molar-refractivity contribution in [2.24, 2.45) is 0 Å². The average Bonchev–Trinajstić information content (AvgIpc) is 3.56. The van der Waals surface area contributed by atoms with E-state index in [-0.39, 0.29) is 26.1 Å². The van der Waals surface area contributed by atoms with E-state index in [4.69, 9.17) is 18.5 Å². The van der Waals surface area contributed by atoms with Crippen molar-refractivity contribution in [1.82, 2.24) is 0 Å². The van der Waals surface area contributed by atoms with Crippen molar-refractivity contribution in [1.29, 1.82) is 0 Å². The molecule has 0 N–H and O–H groups in total. The van der Waals surface area contributed by atoms with E-state index in [9.17, 15) is 19.0 Å². The average molecular weight is 1210 g/mol. The van der Waals surface area contributed by atoms with Crippen molar-refractivity contribution in [3.63, 3.8) is 0 Å². The minimum atomic E-state index is -4.66. The van der Waals surface area contributed by atoms with E-state index < -0.39 is 32.5 Å². The fourth-order valence-electron chi connectivity index (χ4n) is 8.81. The van der Waals surface area contributed by atoms with Crippen molar-refractivity contribution < 1.29 is 42.1 Å². The van der Waals surface area contributed by atoms with Gasteiger partial charge in [-0.2, -0.15) is 0 Å². The lowest BCUT2D eigenvalue weighted by Crippen LogP contribution is -2.37. The molecule has 0 fully saturated rings. The number of phosphoric ester groups is 1. The van der Waals surface area contributed by atoms with Crippen LogP contribution in [-0.2, 0) is 32.7 Å². The number of phosphoric acid groups is 1. The van der Waals surface area contributed by atoms with Crippen LogP contribution in [0.3, 0.4) is 0 Å². The van der Waals surface area contributed by atoms with Gasteiger partial charge in [0, 0.05) is 12.8 Å². The van der Waals surface area contributed by atoms with Gasteiger partial charge in [0.25, 0.3) is 7.82 Å². The van der Waals surface area contributed by atoms with E-state index in [1.54, 1.807) is 0 Å². The zero-order valence-electron chi connectivity index (χ0n) is 55.4. The molecule has 0 bridgehead atoms. The molecule has 0 aromatic rings. The second kappa shape index (κ2) is 65.1. The van der Waals surface area contributed by atoms with Gasteiger partial charge in [-0.3, -0.25) is 14.2 Å². The highest BCUT2D eigenvalue weighted by Gasteiger charge is 2.22. The van der Waals surface area contributed by atoms with Crippen LogP contribution in [0.5, 0.6) is 0 Å². The maximum atomic E-state index is 12.9. The molecular formula is C76H126NO8P. The van der Waals surface area contributed by atoms with E-state index in [0.717, 1.165) is 128 Å². The monoisotopic (exact) mass is 1210 g/mol. The smallest absolute Gasteiger partial charge is 0.306 e. The van der Waals surface area contributed by atoms with Gasteiger partial charge in [-0.25, -0.2) is 0 Å². The number of unbranched alkanes of at least 4 members (excludes halogenated alkanes) is 21. The molecule has 2 atom stereocenters. The number of carbonyl (C=O) groups is 2. The minimum absolute atomic E-state index is 0.0419. The van der Waals surface area contributed by atoms with Gasteiger partial charge in [0.05, 0.1) is 27.7 Å². The third-order valence-corrected chi connectivity index (χ3v) is 15.0. The first-order valence-corrected chi connectivity index (χ1v) is 35.7. The Kier molecular flexibility index (Phi) is 61.8. The fourth-order valence-corrected chi connectivity index (χ4v) is 9.54. The number of carbonyl (C=O) groups excluding carboxylic acids is 2. The molecule has 488 valence electrons. The van der Waals surface area contributed by atoms with Gasteiger partial charge in [0.15, 0.2) is 6.10 Å². The van der Waals surface area contributed by atoms with Crippen molar-refractivity contribution in [3.05, 3.63) is 158 Å². The number of rotatable bonds is 61. The first-order chi connectivity index (χ1) is 42.0. The number of likely N-dealkylation sites (N-methyl/N-ethyl adjacent to an activating group) is 1. The predicted octanol–water partition coefficient (Wildman–Crippen LogP) is 21.7. The number of ether oxygens (including phenoxy) is 2. The third kappa shape index (κ3) is 68.7. The Morgan fingerprint density at radius 3 is 0.988 bits per heavy atom. The molecule has 9 nitrogen and oxygen atoms in total. The lowest BCUT2D eigenvalue weighted by molar-refractivity contribution is -0.870. The topological polar surface area (TPSA) is 111 Å². The van der Waals surface area contributed by atoms with Crippen LogP contribution in [-0.4, -0.2) is 70.0 Å². The summed E-state index contributed by atoms with van der Waals surface area (Å²) in [5.41, 5.74) is 0. The van der Waals surface area contributed by atoms with E-state index in [2.05, 4.69) is 172 Å². The van der Waals surface area contributed by atoms with Crippen molar-refractivity contribution in [2.45, 2.75) is 264 Å².